The van der Waals surface area contributed by atoms with Gasteiger partial charge in [-0.1, -0.05) is 31.5 Å². The van der Waals surface area contributed by atoms with Gasteiger partial charge in [-0.2, -0.15) is 0 Å². The average Bonchev–Trinajstić information content (AvgIpc) is 2.32. The van der Waals surface area contributed by atoms with Gasteiger partial charge in [-0.05, 0) is 19.1 Å². The second-order valence-electron chi connectivity index (χ2n) is 3.26. The van der Waals surface area contributed by atoms with Crippen LogP contribution in [0.15, 0.2) is 24.3 Å². The van der Waals surface area contributed by atoms with Crippen molar-refractivity contribution in [3.05, 3.63) is 29.8 Å². The number of rotatable bonds is 3. The maximum Gasteiger partial charge on any atom is 0.229 e. The minimum absolute atomic E-state index is 0.0728. The predicted molar refractivity (Wildman–Crippen MR) is 67.6 cm³/mol. The van der Waals surface area contributed by atoms with E-state index in [-0.39, 0.29) is 18.9 Å². The summed E-state index contributed by atoms with van der Waals surface area (Å²) in [6, 6.07) is 7.70. The van der Waals surface area contributed by atoms with Crippen molar-refractivity contribution >= 4 is 11.6 Å². The highest BCUT2D eigenvalue weighted by Crippen LogP contribution is 2.13. The van der Waals surface area contributed by atoms with Gasteiger partial charge in [0.05, 0.1) is 13.0 Å². The van der Waals surface area contributed by atoms with Crippen LogP contribution in [0, 0.1) is 6.92 Å². The van der Waals surface area contributed by atoms with Gasteiger partial charge in [0.2, 0.25) is 5.91 Å². The zero-order valence-corrected chi connectivity index (χ0v) is 10.5. The molecular formula is C13H21NO2. The molecule has 0 radical (unpaired) electrons. The van der Waals surface area contributed by atoms with E-state index in [1.54, 1.807) is 11.9 Å². The summed E-state index contributed by atoms with van der Waals surface area (Å²) in [7, 11) is 1.71. The van der Waals surface area contributed by atoms with Crippen molar-refractivity contribution in [1.29, 1.82) is 0 Å². The Bertz CT molecular complexity index is 306. The van der Waals surface area contributed by atoms with Gasteiger partial charge in [0, 0.05) is 12.7 Å². The molecule has 0 spiro atoms. The molecular weight excluding hydrogens is 202 g/mol. The molecule has 0 heterocycles. The summed E-state index contributed by atoms with van der Waals surface area (Å²) in [5.41, 5.74) is 2.02. The van der Waals surface area contributed by atoms with Crippen LogP contribution in [-0.4, -0.2) is 24.7 Å². The molecule has 0 aliphatic heterocycles. The Hall–Kier alpha value is -1.35. The van der Waals surface area contributed by atoms with Crippen LogP contribution in [0.3, 0.4) is 0 Å². The lowest BCUT2D eigenvalue weighted by Gasteiger charge is -2.16. The molecule has 0 atom stereocenters. The minimum atomic E-state index is -0.102. The number of hydrogen-bond acceptors (Lipinski definition) is 2. The Morgan fingerprint density at radius 3 is 2.19 bits per heavy atom. The number of nitrogens with zero attached hydrogens (tertiary/aromatic N) is 1. The van der Waals surface area contributed by atoms with Crippen molar-refractivity contribution in [3.63, 3.8) is 0 Å². The smallest absolute Gasteiger partial charge is 0.229 e. The van der Waals surface area contributed by atoms with Crippen molar-refractivity contribution in [2.24, 2.45) is 0 Å². The molecule has 1 aromatic carbocycles. The summed E-state index contributed by atoms with van der Waals surface area (Å²) >= 11 is 0. The monoisotopic (exact) mass is 223 g/mol. The fraction of sp³-hybridized carbons (Fsp3) is 0.462. The van der Waals surface area contributed by atoms with Gasteiger partial charge in [-0.25, -0.2) is 0 Å². The Morgan fingerprint density at radius 2 is 1.75 bits per heavy atom. The lowest BCUT2D eigenvalue weighted by atomic mass is 10.2. The topological polar surface area (TPSA) is 40.5 Å². The molecule has 1 aromatic rings. The molecule has 0 saturated heterocycles. The van der Waals surface area contributed by atoms with Crippen molar-refractivity contribution in [2.45, 2.75) is 27.2 Å². The van der Waals surface area contributed by atoms with Crippen LogP contribution in [0.25, 0.3) is 0 Å². The first-order chi connectivity index (χ1) is 7.65. The first-order valence-electron chi connectivity index (χ1n) is 5.59. The number of amides is 1. The van der Waals surface area contributed by atoms with Gasteiger partial charge in [0.15, 0.2) is 0 Å². The summed E-state index contributed by atoms with van der Waals surface area (Å²) in [6.07, 6.45) is 0.171. The molecule has 0 aliphatic rings. The van der Waals surface area contributed by atoms with E-state index >= 15 is 0 Å². The van der Waals surface area contributed by atoms with E-state index in [1.807, 2.05) is 45.0 Å². The van der Waals surface area contributed by atoms with E-state index in [2.05, 4.69) is 0 Å². The maximum absolute atomic E-state index is 11.4. The van der Waals surface area contributed by atoms with Crippen LogP contribution in [0.4, 0.5) is 5.69 Å². The Labute approximate surface area is 97.7 Å². The van der Waals surface area contributed by atoms with E-state index in [9.17, 15) is 4.79 Å². The van der Waals surface area contributed by atoms with Gasteiger partial charge in [0.1, 0.15) is 0 Å². The van der Waals surface area contributed by atoms with E-state index < -0.39 is 0 Å². The number of hydrogen-bond donors (Lipinski definition) is 1. The molecule has 1 N–H and O–H groups in total. The third-order valence-electron chi connectivity index (χ3n) is 2.12. The first-order valence-corrected chi connectivity index (χ1v) is 5.59. The van der Waals surface area contributed by atoms with Gasteiger partial charge in [-0.3, -0.25) is 4.79 Å². The van der Waals surface area contributed by atoms with Crippen LogP contribution in [0.5, 0.6) is 0 Å². The molecule has 0 bridgehead atoms. The third-order valence-corrected chi connectivity index (χ3v) is 2.12. The molecule has 0 unspecified atom stereocenters. The Balaban J connectivity index is 0.00000106. The number of carbonyl (C=O) groups is 1. The molecule has 3 nitrogen and oxygen atoms in total. The highest BCUT2D eigenvalue weighted by atomic mass is 16.3. The average molecular weight is 223 g/mol. The van der Waals surface area contributed by atoms with E-state index in [1.165, 1.54) is 0 Å². The molecule has 1 rings (SSSR count). The van der Waals surface area contributed by atoms with E-state index in [4.69, 9.17) is 5.11 Å². The van der Waals surface area contributed by atoms with Crippen LogP contribution in [0.1, 0.15) is 25.8 Å². The SMILES string of the molecule is CC.Cc1ccc(N(C)C(=O)CCO)cc1. The summed E-state index contributed by atoms with van der Waals surface area (Å²) in [5.74, 6) is -0.0728. The van der Waals surface area contributed by atoms with Crippen molar-refractivity contribution in [1.82, 2.24) is 0 Å². The maximum atomic E-state index is 11.4. The molecule has 1 amide bonds. The lowest BCUT2D eigenvalue weighted by Crippen LogP contribution is -2.26. The minimum Gasteiger partial charge on any atom is -0.396 e. The second kappa shape index (κ2) is 7.88. The number of carbonyl (C=O) groups excluding carboxylic acids is 1. The molecule has 0 saturated carbocycles. The lowest BCUT2D eigenvalue weighted by molar-refractivity contribution is -0.118. The normalized spacial score (nSPS) is 9.06. The Morgan fingerprint density at radius 1 is 1.25 bits per heavy atom. The second-order valence-corrected chi connectivity index (χ2v) is 3.26. The van der Waals surface area contributed by atoms with Gasteiger partial charge < -0.3 is 10.0 Å². The van der Waals surface area contributed by atoms with Crippen molar-refractivity contribution < 1.29 is 9.90 Å². The summed E-state index contributed by atoms with van der Waals surface area (Å²) in [4.78, 5) is 12.9. The van der Waals surface area contributed by atoms with Crippen LogP contribution >= 0.6 is 0 Å². The number of aliphatic hydroxyl groups is 1. The van der Waals surface area contributed by atoms with Crippen molar-refractivity contribution in [3.8, 4) is 0 Å². The fourth-order valence-corrected chi connectivity index (χ4v) is 1.18. The molecule has 0 aliphatic carbocycles. The summed E-state index contributed by atoms with van der Waals surface area (Å²) < 4.78 is 0. The quantitative estimate of drug-likeness (QED) is 0.854. The molecule has 3 heteroatoms. The molecule has 0 fully saturated rings. The van der Waals surface area contributed by atoms with Gasteiger partial charge in [-0.15, -0.1) is 0 Å². The summed E-state index contributed by atoms with van der Waals surface area (Å²) in [5, 5.41) is 8.63. The van der Waals surface area contributed by atoms with Gasteiger partial charge in [0.25, 0.3) is 0 Å². The van der Waals surface area contributed by atoms with Crippen LogP contribution < -0.4 is 4.90 Å². The Kier molecular flexibility index (Phi) is 7.21. The van der Waals surface area contributed by atoms with Crippen LogP contribution in [-0.2, 0) is 4.79 Å². The summed E-state index contributed by atoms with van der Waals surface area (Å²) in [6.45, 7) is 5.90. The molecule has 16 heavy (non-hydrogen) atoms. The standard InChI is InChI=1S/C11H15NO2.C2H6/c1-9-3-5-10(6-4-9)12(2)11(14)7-8-13;1-2/h3-6,13H,7-8H2,1-2H3;1-2H3. The molecule has 90 valence electrons. The number of benzene rings is 1. The van der Waals surface area contributed by atoms with E-state index in [0.717, 1.165) is 11.3 Å². The van der Waals surface area contributed by atoms with Crippen LogP contribution in [0.2, 0.25) is 0 Å². The largest absolute Gasteiger partial charge is 0.396 e. The highest BCUT2D eigenvalue weighted by Gasteiger charge is 2.08. The van der Waals surface area contributed by atoms with E-state index in [0.29, 0.717) is 0 Å². The first kappa shape index (κ1) is 14.6. The van der Waals surface area contributed by atoms with Gasteiger partial charge >= 0.3 is 0 Å². The zero-order valence-electron chi connectivity index (χ0n) is 10.5. The number of aliphatic hydroxyl groups excluding tert-OH is 1. The fourth-order valence-electron chi connectivity index (χ4n) is 1.18. The third kappa shape index (κ3) is 4.45. The van der Waals surface area contributed by atoms with Crippen molar-refractivity contribution in [2.75, 3.05) is 18.6 Å². The number of aryl methyl sites for hydroxylation is 1. The zero-order chi connectivity index (χ0) is 12.6. The predicted octanol–water partition coefficient (Wildman–Crippen LogP) is 2.37. The molecule has 0 aromatic heterocycles. The number of anilines is 1. The highest BCUT2D eigenvalue weighted by molar-refractivity contribution is 5.92.